The van der Waals surface area contributed by atoms with Gasteiger partial charge in [-0.05, 0) is 19.0 Å². The van der Waals surface area contributed by atoms with Crippen LogP contribution < -0.4 is 0 Å². The highest BCUT2D eigenvalue weighted by atomic mass is 35.5. The summed E-state index contributed by atoms with van der Waals surface area (Å²) < 4.78 is 13.3. The molecule has 0 amide bonds. The summed E-state index contributed by atoms with van der Waals surface area (Å²) in [5.74, 6) is 0.938. The molecular weight excluding hydrogens is 213 g/mol. The Morgan fingerprint density at radius 3 is 2.67 bits per heavy atom. The normalized spacial score (nSPS) is 13.1. The van der Waals surface area contributed by atoms with Gasteiger partial charge < -0.3 is 4.90 Å². The molecule has 0 N–H and O–H groups in total. The number of hydrogen-bond donors (Lipinski definition) is 0. The Kier molecular flexibility index (Phi) is 5.06. The first-order chi connectivity index (χ1) is 7.13. The third kappa shape index (κ3) is 4.18. The molecule has 0 aromatic heterocycles. The predicted octanol–water partition coefficient (Wildman–Crippen LogP) is 3.13. The molecule has 0 radical (unpaired) electrons. The van der Waals surface area contributed by atoms with E-state index in [1.807, 2.05) is 19.2 Å². The molecule has 0 aliphatic carbocycles. The van der Waals surface area contributed by atoms with E-state index in [-0.39, 0.29) is 5.82 Å². The molecular formula is C12H17ClFN. The highest BCUT2D eigenvalue weighted by Gasteiger charge is 2.08. The van der Waals surface area contributed by atoms with Crippen molar-refractivity contribution in [3.05, 3.63) is 35.6 Å². The molecule has 0 spiro atoms. The third-order valence-corrected chi connectivity index (χ3v) is 2.81. The molecule has 15 heavy (non-hydrogen) atoms. The highest BCUT2D eigenvalue weighted by molar-refractivity contribution is 6.18. The zero-order valence-electron chi connectivity index (χ0n) is 9.21. The van der Waals surface area contributed by atoms with E-state index >= 15 is 0 Å². The Morgan fingerprint density at radius 1 is 1.40 bits per heavy atom. The van der Waals surface area contributed by atoms with Crippen molar-refractivity contribution in [1.29, 1.82) is 0 Å². The number of hydrogen-bond acceptors (Lipinski definition) is 1. The van der Waals surface area contributed by atoms with E-state index in [9.17, 15) is 4.39 Å². The lowest BCUT2D eigenvalue weighted by molar-refractivity contribution is 0.286. The molecule has 0 bridgehead atoms. The molecule has 1 nitrogen and oxygen atoms in total. The summed E-state index contributed by atoms with van der Waals surface area (Å²) in [6.07, 6.45) is 0. The molecule has 1 atom stereocenters. The largest absolute Gasteiger partial charge is 0.302 e. The van der Waals surface area contributed by atoms with E-state index in [1.54, 1.807) is 6.07 Å². The molecule has 0 aliphatic heterocycles. The molecule has 0 saturated heterocycles. The monoisotopic (exact) mass is 229 g/mol. The fourth-order valence-electron chi connectivity index (χ4n) is 1.56. The second-order valence-corrected chi connectivity index (χ2v) is 4.36. The summed E-state index contributed by atoms with van der Waals surface area (Å²) in [4.78, 5) is 2.09. The molecule has 0 heterocycles. The number of alkyl halides is 1. The van der Waals surface area contributed by atoms with Crippen LogP contribution >= 0.6 is 11.6 Å². The molecule has 1 unspecified atom stereocenters. The summed E-state index contributed by atoms with van der Waals surface area (Å²) >= 11 is 5.73. The summed E-state index contributed by atoms with van der Waals surface area (Å²) in [6.45, 7) is 3.61. The standard InChI is InChI=1S/C12H17ClFN/c1-10(7-13)8-15(2)9-11-5-3-4-6-12(11)14/h3-6,10H,7-9H2,1-2H3. The van der Waals surface area contributed by atoms with E-state index in [4.69, 9.17) is 11.6 Å². The Balaban J connectivity index is 2.51. The van der Waals surface area contributed by atoms with Crippen molar-refractivity contribution < 1.29 is 4.39 Å². The number of rotatable bonds is 5. The zero-order chi connectivity index (χ0) is 11.3. The van der Waals surface area contributed by atoms with Crippen molar-refractivity contribution in [2.45, 2.75) is 13.5 Å². The van der Waals surface area contributed by atoms with Gasteiger partial charge in [-0.1, -0.05) is 25.1 Å². The Bertz CT molecular complexity index is 303. The van der Waals surface area contributed by atoms with Gasteiger partial charge in [0.2, 0.25) is 0 Å². The summed E-state index contributed by atoms with van der Waals surface area (Å²) in [5.41, 5.74) is 0.738. The van der Waals surface area contributed by atoms with Gasteiger partial charge in [0, 0.05) is 24.5 Å². The van der Waals surface area contributed by atoms with E-state index in [0.29, 0.717) is 18.3 Å². The number of halogens is 2. The maximum Gasteiger partial charge on any atom is 0.127 e. The molecule has 0 saturated carbocycles. The average molecular weight is 230 g/mol. The maximum absolute atomic E-state index is 13.3. The minimum atomic E-state index is -0.136. The summed E-state index contributed by atoms with van der Waals surface area (Å²) in [6, 6.07) is 6.88. The second kappa shape index (κ2) is 6.09. The van der Waals surface area contributed by atoms with Crippen LogP contribution in [0.5, 0.6) is 0 Å². The van der Waals surface area contributed by atoms with Crippen LogP contribution in [0, 0.1) is 11.7 Å². The molecule has 1 aromatic carbocycles. The van der Waals surface area contributed by atoms with Gasteiger partial charge in [0.25, 0.3) is 0 Å². The van der Waals surface area contributed by atoms with Crippen molar-refractivity contribution in [1.82, 2.24) is 4.90 Å². The van der Waals surface area contributed by atoms with Gasteiger partial charge >= 0.3 is 0 Å². The highest BCUT2D eigenvalue weighted by Crippen LogP contribution is 2.10. The van der Waals surface area contributed by atoms with E-state index < -0.39 is 0 Å². The number of nitrogens with zero attached hydrogens (tertiary/aromatic N) is 1. The van der Waals surface area contributed by atoms with Crippen molar-refractivity contribution in [3.8, 4) is 0 Å². The lowest BCUT2D eigenvalue weighted by atomic mass is 10.1. The zero-order valence-corrected chi connectivity index (χ0v) is 9.97. The van der Waals surface area contributed by atoms with Crippen LogP contribution in [0.4, 0.5) is 4.39 Å². The van der Waals surface area contributed by atoms with Gasteiger partial charge in [0.1, 0.15) is 5.82 Å². The Morgan fingerprint density at radius 2 is 2.07 bits per heavy atom. The summed E-state index contributed by atoms with van der Waals surface area (Å²) in [5, 5.41) is 0. The van der Waals surface area contributed by atoms with Crippen LogP contribution in [0.25, 0.3) is 0 Å². The lowest BCUT2D eigenvalue weighted by Crippen LogP contribution is -2.25. The van der Waals surface area contributed by atoms with Crippen molar-refractivity contribution >= 4 is 11.6 Å². The minimum Gasteiger partial charge on any atom is -0.302 e. The van der Waals surface area contributed by atoms with Gasteiger partial charge in [-0.15, -0.1) is 11.6 Å². The van der Waals surface area contributed by atoms with Gasteiger partial charge in [-0.2, -0.15) is 0 Å². The minimum absolute atomic E-state index is 0.136. The van der Waals surface area contributed by atoms with Crippen LogP contribution in [0.15, 0.2) is 24.3 Å². The van der Waals surface area contributed by atoms with Gasteiger partial charge in [0.05, 0.1) is 0 Å². The van der Waals surface area contributed by atoms with Crippen molar-refractivity contribution in [3.63, 3.8) is 0 Å². The van der Waals surface area contributed by atoms with Crippen LogP contribution in [-0.4, -0.2) is 24.4 Å². The van der Waals surface area contributed by atoms with Crippen molar-refractivity contribution in [2.75, 3.05) is 19.5 Å². The van der Waals surface area contributed by atoms with E-state index in [0.717, 1.165) is 12.1 Å². The van der Waals surface area contributed by atoms with Gasteiger partial charge in [-0.25, -0.2) is 4.39 Å². The first-order valence-electron chi connectivity index (χ1n) is 5.11. The lowest BCUT2D eigenvalue weighted by Gasteiger charge is -2.20. The second-order valence-electron chi connectivity index (χ2n) is 4.05. The predicted molar refractivity (Wildman–Crippen MR) is 62.6 cm³/mol. The quantitative estimate of drug-likeness (QED) is 0.702. The van der Waals surface area contributed by atoms with E-state index in [1.165, 1.54) is 6.07 Å². The van der Waals surface area contributed by atoms with E-state index in [2.05, 4.69) is 11.8 Å². The molecule has 0 aliphatic rings. The summed E-state index contributed by atoms with van der Waals surface area (Å²) in [7, 11) is 1.98. The maximum atomic E-state index is 13.3. The molecule has 84 valence electrons. The van der Waals surface area contributed by atoms with Crippen LogP contribution in [0.3, 0.4) is 0 Å². The smallest absolute Gasteiger partial charge is 0.127 e. The Hall–Kier alpha value is -0.600. The molecule has 1 aromatic rings. The fourth-order valence-corrected chi connectivity index (χ4v) is 1.66. The van der Waals surface area contributed by atoms with Crippen LogP contribution in [-0.2, 0) is 6.54 Å². The van der Waals surface area contributed by atoms with Crippen LogP contribution in [0.2, 0.25) is 0 Å². The van der Waals surface area contributed by atoms with Gasteiger partial charge in [-0.3, -0.25) is 0 Å². The SMILES string of the molecule is CC(CCl)CN(C)Cc1ccccc1F. The topological polar surface area (TPSA) is 3.24 Å². The average Bonchev–Trinajstić information content (AvgIpc) is 2.21. The third-order valence-electron chi connectivity index (χ3n) is 2.28. The number of benzene rings is 1. The molecule has 3 heteroatoms. The molecule has 0 fully saturated rings. The Labute approximate surface area is 95.8 Å². The molecule has 1 rings (SSSR count). The van der Waals surface area contributed by atoms with Crippen molar-refractivity contribution in [2.24, 2.45) is 5.92 Å². The first-order valence-corrected chi connectivity index (χ1v) is 5.65. The first kappa shape index (κ1) is 12.5. The van der Waals surface area contributed by atoms with Crippen LogP contribution in [0.1, 0.15) is 12.5 Å². The van der Waals surface area contributed by atoms with Gasteiger partial charge in [0.15, 0.2) is 0 Å². The fraction of sp³-hybridized carbons (Fsp3) is 0.500.